The summed E-state index contributed by atoms with van der Waals surface area (Å²) in [5.41, 5.74) is 6.99. The molecule has 0 aliphatic rings. The Morgan fingerprint density at radius 3 is 2.31 bits per heavy atom. The minimum absolute atomic E-state index is 0.0322. The molecule has 0 saturated heterocycles. The van der Waals surface area contributed by atoms with E-state index in [2.05, 4.69) is 12.1 Å². The minimum atomic E-state index is 0.0322. The van der Waals surface area contributed by atoms with Crippen LogP contribution in [-0.4, -0.2) is 25.9 Å². The third kappa shape index (κ3) is 4.21. The number of rotatable bonds is 6. The molecule has 1 rings (SSSR count). The van der Waals surface area contributed by atoms with Crippen molar-refractivity contribution in [3.05, 3.63) is 29.8 Å². The van der Waals surface area contributed by atoms with Crippen molar-refractivity contribution in [1.29, 1.82) is 0 Å². The summed E-state index contributed by atoms with van der Waals surface area (Å²) in [4.78, 5) is 0. The summed E-state index contributed by atoms with van der Waals surface area (Å²) in [5, 5.41) is 0. The van der Waals surface area contributed by atoms with Gasteiger partial charge in [-0.1, -0.05) is 12.1 Å². The van der Waals surface area contributed by atoms with Crippen LogP contribution in [0.2, 0.25) is 0 Å². The largest absolute Gasteiger partial charge is 0.489 e. The fourth-order valence-electron chi connectivity index (χ4n) is 1.28. The summed E-state index contributed by atoms with van der Waals surface area (Å²) >= 11 is 0. The molecule has 0 saturated carbocycles. The average Bonchev–Trinajstić information content (AvgIpc) is 2.28. The molecule has 0 aromatic heterocycles. The van der Waals surface area contributed by atoms with Gasteiger partial charge in [-0.2, -0.15) is 0 Å². The lowest BCUT2D eigenvalue weighted by molar-refractivity contribution is 0.196. The molecule has 0 bridgehead atoms. The fraction of sp³-hybridized carbons (Fsp3) is 0.538. The van der Waals surface area contributed by atoms with E-state index in [0.717, 1.165) is 18.8 Å². The quantitative estimate of drug-likeness (QED) is 0.802. The van der Waals surface area contributed by atoms with E-state index in [-0.39, 0.29) is 12.1 Å². The Morgan fingerprint density at radius 1 is 1.19 bits per heavy atom. The van der Waals surface area contributed by atoms with Gasteiger partial charge in [-0.25, -0.2) is 0 Å². The molecule has 1 aromatic rings. The topological polar surface area (TPSA) is 44.5 Å². The first-order valence-corrected chi connectivity index (χ1v) is 5.63. The molecule has 0 heterocycles. The van der Waals surface area contributed by atoms with Crippen molar-refractivity contribution in [2.45, 2.75) is 32.4 Å². The molecule has 1 aromatic carbocycles. The van der Waals surface area contributed by atoms with E-state index in [1.54, 1.807) is 7.11 Å². The molecular weight excluding hydrogens is 202 g/mol. The summed E-state index contributed by atoms with van der Waals surface area (Å²) in [7, 11) is 1.71. The SMILES string of the molecule is COCCc1ccc(OC(C)[C@H](C)N)cc1. The minimum Gasteiger partial charge on any atom is -0.489 e. The van der Waals surface area contributed by atoms with Crippen molar-refractivity contribution in [3.63, 3.8) is 0 Å². The second-order valence-electron chi connectivity index (χ2n) is 4.07. The highest BCUT2D eigenvalue weighted by molar-refractivity contribution is 5.27. The van der Waals surface area contributed by atoms with Crippen LogP contribution in [0.25, 0.3) is 0 Å². The Balaban J connectivity index is 2.51. The Labute approximate surface area is 97.6 Å². The van der Waals surface area contributed by atoms with Crippen LogP contribution in [0.3, 0.4) is 0 Å². The smallest absolute Gasteiger partial charge is 0.119 e. The zero-order valence-corrected chi connectivity index (χ0v) is 10.3. The first-order valence-electron chi connectivity index (χ1n) is 5.63. The molecule has 3 nitrogen and oxygen atoms in total. The van der Waals surface area contributed by atoms with E-state index >= 15 is 0 Å². The number of hydrogen-bond donors (Lipinski definition) is 1. The van der Waals surface area contributed by atoms with Crippen molar-refractivity contribution in [3.8, 4) is 5.75 Å². The Bertz CT molecular complexity index is 295. The highest BCUT2D eigenvalue weighted by Gasteiger charge is 2.08. The van der Waals surface area contributed by atoms with Crippen molar-refractivity contribution in [1.82, 2.24) is 0 Å². The zero-order chi connectivity index (χ0) is 12.0. The predicted octanol–water partition coefficient (Wildman–Crippen LogP) is 1.99. The molecule has 0 aliphatic heterocycles. The van der Waals surface area contributed by atoms with Gasteiger partial charge < -0.3 is 15.2 Å². The predicted molar refractivity (Wildman–Crippen MR) is 65.8 cm³/mol. The normalized spacial score (nSPS) is 14.5. The van der Waals surface area contributed by atoms with E-state index in [4.69, 9.17) is 15.2 Å². The third-order valence-corrected chi connectivity index (χ3v) is 2.58. The summed E-state index contributed by atoms with van der Waals surface area (Å²) in [6.45, 7) is 4.66. The van der Waals surface area contributed by atoms with Crippen molar-refractivity contribution < 1.29 is 9.47 Å². The summed E-state index contributed by atoms with van der Waals surface area (Å²) < 4.78 is 10.7. The molecule has 1 unspecified atom stereocenters. The van der Waals surface area contributed by atoms with Crippen LogP contribution >= 0.6 is 0 Å². The van der Waals surface area contributed by atoms with Crippen molar-refractivity contribution >= 4 is 0 Å². The molecule has 2 atom stereocenters. The van der Waals surface area contributed by atoms with Gasteiger partial charge in [0.1, 0.15) is 11.9 Å². The number of ether oxygens (including phenoxy) is 2. The fourth-order valence-corrected chi connectivity index (χ4v) is 1.28. The van der Waals surface area contributed by atoms with E-state index in [1.807, 2.05) is 26.0 Å². The summed E-state index contributed by atoms with van der Waals surface area (Å²) in [6.07, 6.45) is 0.962. The maximum Gasteiger partial charge on any atom is 0.119 e. The second kappa shape index (κ2) is 6.51. The lowest BCUT2D eigenvalue weighted by Crippen LogP contribution is -2.33. The van der Waals surface area contributed by atoms with E-state index in [1.165, 1.54) is 5.56 Å². The van der Waals surface area contributed by atoms with Gasteiger partial charge >= 0.3 is 0 Å². The van der Waals surface area contributed by atoms with Gasteiger partial charge in [0.15, 0.2) is 0 Å². The van der Waals surface area contributed by atoms with Crippen molar-refractivity contribution in [2.75, 3.05) is 13.7 Å². The van der Waals surface area contributed by atoms with Gasteiger partial charge in [-0.15, -0.1) is 0 Å². The molecular formula is C13H21NO2. The molecule has 90 valence electrons. The van der Waals surface area contributed by atoms with E-state index in [0.29, 0.717) is 0 Å². The molecule has 0 aliphatic carbocycles. The molecule has 3 heteroatoms. The maximum atomic E-state index is 5.74. The first kappa shape index (κ1) is 13.0. The lowest BCUT2D eigenvalue weighted by atomic mass is 10.1. The summed E-state index contributed by atoms with van der Waals surface area (Å²) in [5.74, 6) is 0.867. The van der Waals surface area contributed by atoms with Crippen LogP contribution < -0.4 is 10.5 Å². The standard InChI is InChI=1S/C13H21NO2/c1-10(14)11(2)16-13-6-4-12(5-7-13)8-9-15-3/h4-7,10-11H,8-9,14H2,1-3H3/t10-,11?/m0/s1. The van der Waals surface area contributed by atoms with Crippen molar-refractivity contribution in [2.24, 2.45) is 5.73 Å². The molecule has 0 spiro atoms. The highest BCUT2D eigenvalue weighted by atomic mass is 16.5. The highest BCUT2D eigenvalue weighted by Crippen LogP contribution is 2.15. The van der Waals surface area contributed by atoms with Gasteiger partial charge in [0.25, 0.3) is 0 Å². The number of nitrogens with two attached hydrogens (primary N) is 1. The monoisotopic (exact) mass is 223 g/mol. The average molecular weight is 223 g/mol. The summed E-state index contributed by atoms with van der Waals surface area (Å²) in [6, 6.07) is 8.10. The van der Waals surface area contributed by atoms with Gasteiger partial charge in [0, 0.05) is 13.2 Å². The lowest BCUT2D eigenvalue weighted by Gasteiger charge is -2.18. The number of benzene rings is 1. The van der Waals surface area contributed by atoms with Gasteiger partial charge in [-0.05, 0) is 38.0 Å². The van der Waals surface area contributed by atoms with Gasteiger partial charge in [0.2, 0.25) is 0 Å². The van der Waals surface area contributed by atoms with Gasteiger partial charge in [0.05, 0.1) is 6.61 Å². The molecule has 16 heavy (non-hydrogen) atoms. The Morgan fingerprint density at radius 2 is 1.81 bits per heavy atom. The zero-order valence-electron chi connectivity index (χ0n) is 10.3. The molecule has 0 radical (unpaired) electrons. The van der Waals surface area contributed by atoms with Crippen LogP contribution in [0.1, 0.15) is 19.4 Å². The molecule has 0 fully saturated rings. The van der Waals surface area contributed by atoms with Crippen LogP contribution in [0.4, 0.5) is 0 Å². The Hall–Kier alpha value is -1.06. The maximum absolute atomic E-state index is 5.74. The van der Waals surface area contributed by atoms with Crippen LogP contribution in [0, 0.1) is 0 Å². The molecule has 2 N–H and O–H groups in total. The van der Waals surface area contributed by atoms with Gasteiger partial charge in [-0.3, -0.25) is 0 Å². The van der Waals surface area contributed by atoms with E-state index in [9.17, 15) is 0 Å². The van der Waals surface area contributed by atoms with Crippen LogP contribution in [0.5, 0.6) is 5.75 Å². The second-order valence-corrected chi connectivity index (χ2v) is 4.07. The van der Waals surface area contributed by atoms with E-state index < -0.39 is 0 Å². The number of hydrogen-bond acceptors (Lipinski definition) is 3. The molecule has 0 amide bonds. The van der Waals surface area contributed by atoms with Crippen LogP contribution in [-0.2, 0) is 11.2 Å². The van der Waals surface area contributed by atoms with Crippen LogP contribution in [0.15, 0.2) is 24.3 Å². The Kier molecular flexibility index (Phi) is 5.29. The number of methoxy groups -OCH3 is 1. The third-order valence-electron chi connectivity index (χ3n) is 2.58. The first-order chi connectivity index (χ1) is 7.63.